The Morgan fingerprint density at radius 3 is 2.67 bits per heavy atom. The summed E-state index contributed by atoms with van der Waals surface area (Å²) >= 11 is 0. The van der Waals surface area contributed by atoms with Crippen molar-refractivity contribution >= 4 is 11.7 Å². The summed E-state index contributed by atoms with van der Waals surface area (Å²) in [5.41, 5.74) is 0. The summed E-state index contributed by atoms with van der Waals surface area (Å²) in [6, 6.07) is 0. The average Bonchev–Trinajstić information content (AvgIpc) is 1.83. The lowest BCUT2D eigenvalue weighted by molar-refractivity contribution is -0.141. The van der Waals surface area contributed by atoms with Crippen LogP contribution in [0.15, 0.2) is 12.3 Å². The van der Waals surface area contributed by atoms with E-state index < -0.39 is 17.8 Å². The molecule has 0 bridgehead atoms. The molecule has 0 aliphatic carbocycles. The van der Waals surface area contributed by atoms with Gasteiger partial charge in [-0.3, -0.25) is 9.59 Å². The van der Waals surface area contributed by atoms with Crippen LogP contribution >= 0.6 is 0 Å². The smallest absolute Gasteiger partial charge is 0.294 e. The topological polar surface area (TPSA) is 66.4 Å². The number of amides is 1. The Kier molecular flexibility index (Phi) is 1.32. The molecule has 4 nitrogen and oxygen atoms in total. The van der Waals surface area contributed by atoms with E-state index in [0.29, 0.717) is 0 Å². The molecule has 48 valence electrons. The zero-order chi connectivity index (χ0) is 6.85. The van der Waals surface area contributed by atoms with E-state index in [9.17, 15) is 9.59 Å². The summed E-state index contributed by atoms with van der Waals surface area (Å²) in [6.45, 7) is 0. The van der Waals surface area contributed by atoms with E-state index >= 15 is 0 Å². The molecule has 1 rings (SSSR count). The molecule has 0 aromatic heterocycles. The number of Topliss-reactive ketones (excluding diaryl/α,β-unsaturated/α-hetero) is 1. The third kappa shape index (κ3) is 0.972. The molecule has 0 saturated carbocycles. The van der Waals surface area contributed by atoms with Gasteiger partial charge in [0.1, 0.15) is 6.10 Å². The van der Waals surface area contributed by atoms with Gasteiger partial charge in [0, 0.05) is 6.20 Å². The second kappa shape index (κ2) is 1.99. The summed E-state index contributed by atoms with van der Waals surface area (Å²) < 4.78 is 0. The van der Waals surface area contributed by atoms with Gasteiger partial charge in [0.15, 0.2) is 0 Å². The number of rotatable bonds is 0. The van der Waals surface area contributed by atoms with E-state index in [4.69, 9.17) is 5.11 Å². The molecule has 1 aliphatic rings. The molecule has 2 N–H and O–H groups in total. The molecule has 9 heavy (non-hydrogen) atoms. The first-order valence-electron chi connectivity index (χ1n) is 2.41. The van der Waals surface area contributed by atoms with Crippen molar-refractivity contribution in [1.82, 2.24) is 5.32 Å². The van der Waals surface area contributed by atoms with E-state index in [1.165, 1.54) is 12.3 Å². The van der Waals surface area contributed by atoms with Crippen LogP contribution in [0, 0.1) is 0 Å². The van der Waals surface area contributed by atoms with Crippen LogP contribution in [0.2, 0.25) is 0 Å². The van der Waals surface area contributed by atoms with E-state index in [-0.39, 0.29) is 0 Å². The average molecular weight is 127 g/mol. The Morgan fingerprint density at radius 2 is 2.22 bits per heavy atom. The number of carbonyl (C=O) groups excluding carboxylic acids is 2. The van der Waals surface area contributed by atoms with Gasteiger partial charge in [-0.1, -0.05) is 0 Å². The molecule has 0 aromatic rings. The van der Waals surface area contributed by atoms with Crippen molar-refractivity contribution in [1.29, 1.82) is 0 Å². The third-order valence-electron chi connectivity index (χ3n) is 0.985. The van der Waals surface area contributed by atoms with E-state index in [0.717, 1.165) is 0 Å². The second-order valence-electron chi connectivity index (χ2n) is 1.64. The van der Waals surface area contributed by atoms with Gasteiger partial charge in [0.2, 0.25) is 0 Å². The molecule has 0 saturated heterocycles. The van der Waals surface area contributed by atoms with Crippen LogP contribution in [0.5, 0.6) is 0 Å². The van der Waals surface area contributed by atoms with Gasteiger partial charge < -0.3 is 10.4 Å². The molecule has 0 aromatic carbocycles. The highest BCUT2D eigenvalue weighted by Gasteiger charge is 2.22. The summed E-state index contributed by atoms with van der Waals surface area (Å²) in [4.78, 5) is 20.7. The van der Waals surface area contributed by atoms with Gasteiger partial charge in [-0.15, -0.1) is 0 Å². The minimum Gasteiger partial charge on any atom is -0.381 e. The monoisotopic (exact) mass is 127 g/mol. The van der Waals surface area contributed by atoms with Gasteiger partial charge in [-0.25, -0.2) is 0 Å². The minimum absolute atomic E-state index is 0.759. The molecule has 1 amide bonds. The van der Waals surface area contributed by atoms with Crippen LogP contribution in [0.25, 0.3) is 0 Å². The lowest BCUT2D eigenvalue weighted by Crippen LogP contribution is -2.38. The number of carbonyl (C=O) groups is 2. The Hall–Kier alpha value is -1.16. The van der Waals surface area contributed by atoms with Crippen molar-refractivity contribution in [3.8, 4) is 0 Å². The lowest BCUT2D eigenvalue weighted by atomic mass is 10.2. The maximum absolute atomic E-state index is 10.4. The summed E-state index contributed by atoms with van der Waals surface area (Å²) in [5, 5.41) is 10.8. The van der Waals surface area contributed by atoms with Crippen molar-refractivity contribution in [3.05, 3.63) is 12.3 Å². The highest BCUT2D eigenvalue weighted by molar-refractivity contribution is 6.39. The molecule has 1 aliphatic heterocycles. The molecule has 0 fully saturated rings. The van der Waals surface area contributed by atoms with Crippen LogP contribution in [-0.2, 0) is 9.59 Å². The highest BCUT2D eigenvalue weighted by Crippen LogP contribution is 1.93. The normalized spacial score (nSPS) is 26.1. The first-order chi connectivity index (χ1) is 4.22. The molecule has 1 unspecified atom stereocenters. The number of aliphatic hydroxyl groups is 1. The fraction of sp³-hybridized carbons (Fsp3) is 0.200. The summed E-state index contributed by atoms with van der Waals surface area (Å²) in [5.74, 6) is -1.57. The van der Waals surface area contributed by atoms with Gasteiger partial charge in [0.05, 0.1) is 0 Å². The first kappa shape index (κ1) is 5.97. The minimum atomic E-state index is -1.25. The highest BCUT2D eigenvalue weighted by atomic mass is 16.3. The molecule has 4 heteroatoms. The number of ketones is 1. The Labute approximate surface area is 51.2 Å². The Morgan fingerprint density at radius 1 is 1.56 bits per heavy atom. The van der Waals surface area contributed by atoms with Crippen LogP contribution in [0.1, 0.15) is 0 Å². The Balaban J connectivity index is 2.81. The maximum atomic E-state index is 10.4. The fourth-order valence-electron chi connectivity index (χ4n) is 0.508. The summed E-state index contributed by atoms with van der Waals surface area (Å²) in [6.07, 6.45) is 1.21. The molecule has 1 heterocycles. The largest absolute Gasteiger partial charge is 0.381 e. The Bertz CT molecular complexity index is 185. The van der Waals surface area contributed by atoms with Gasteiger partial charge in [0.25, 0.3) is 11.7 Å². The van der Waals surface area contributed by atoms with Gasteiger partial charge >= 0.3 is 0 Å². The van der Waals surface area contributed by atoms with Crippen molar-refractivity contribution in [3.63, 3.8) is 0 Å². The number of nitrogens with one attached hydrogen (secondary N) is 1. The van der Waals surface area contributed by atoms with E-state index in [1.807, 2.05) is 0 Å². The van der Waals surface area contributed by atoms with Gasteiger partial charge in [-0.2, -0.15) is 0 Å². The zero-order valence-electron chi connectivity index (χ0n) is 4.50. The molecular weight excluding hydrogens is 122 g/mol. The van der Waals surface area contributed by atoms with Crippen molar-refractivity contribution in [2.75, 3.05) is 0 Å². The van der Waals surface area contributed by atoms with Crippen molar-refractivity contribution in [2.45, 2.75) is 6.10 Å². The molecule has 0 radical (unpaired) electrons. The van der Waals surface area contributed by atoms with E-state index in [1.54, 1.807) is 0 Å². The van der Waals surface area contributed by atoms with Crippen LogP contribution < -0.4 is 5.32 Å². The van der Waals surface area contributed by atoms with Crippen LogP contribution in [-0.4, -0.2) is 22.9 Å². The maximum Gasteiger partial charge on any atom is 0.294 e. The predicted octanol–water partition coefficient (Wildman–Crippen LogP) is -1.44. The van der Waals surface area contributed by atoms with Crippen LogP contribution in [0.4, 0.5) is 0 Å². The SMILES string of the molecule is O=C1NC=CC(O)C1=O. The number of aliphatic hydroxyl groups excluding tert-OH is 1. The van der Waals surface area contributed by atoms with Crippen molar-refractivity contribution < 1.29 is 14.7 Å². The van der Waals surface area contributed by atoms with E-state index in [2.05, 4.69) is 5.32 Å². The van der Waals surface area contributed by atoms with Gasteiger partial charge in [-0.05, 0) is 6.08 Å². The zero-order valence-corrected chi connectivity index (χ0v) is 4.50. The fourth-order valence-corrected chi connectivity index (χ4v) is 0.508. The molecular formula is C5H5NO3. The van der Waals surface area contributed by atoms with Crippen LogP contribution in [0.3, 0.4) is 0 Å². The first-order valence-corrected chi connectivity index (χ1v) is 2.41. The molecule has 0 spiro atoms. The predicted molar refractivity (Wildman–Crippen MR) is 28.3 cm³/mol. The second-order valence-corrected chi connectivity index (χ2v) is 1.64. The molecule has 1 atom stereocenters. The summed E-state index contributed by atoms with van der Waals surface area (Å²) in [7, 11) is 0. The number of hydrogen-bond donors (Lipinski definition) is 2. The quantitative estimate of drug-likeness (QED) is 0.391. The standard InChI is InChI=1S/C5H5NO3/c7-3-1-2-6-5(9)4(3)8/h1-3,7H,(H,6,9). The third-order valence-corrected chi connectivity index (χ3v) is 0.985. The number of hydrogen-bond acceptors (Lipinski definition) is 3. The van der Waals surface area contributed by atoms with Crippen molar-refractivity contribution in [2.24, 2.45) is 0 Å². The lowest BCUT2D eigenvalue weighted by Gasteiger charge is -2.07.